The molecule has 186 valence electrons. The van der Waals surface area contributed by atoms with Gasteiger partial charge < -0.3 is 26.2 Å². The van der Waals surface area contributed by atoms with Crippen LogP contribution in [0.3, 0.4) is 0 Å². The molecule has 5 heteroatoms. The van der Waals surface area contributed by atoms with Crippen molar-refractivity contribution in [2.45, 2.75) is 104 Å². The zero-order chi connectivity index (χ0) is 22.5. The van der Waals surface area contributed by atoms with Crippen molar-refractivity contribution in [3.05, 3.63) is 30.3 Å². The Morgan fingerprint density at radius 1 is 0.581 bits per heavy atom. The van der Waals surface area contributed by atoms with Crippen LogP contribution in [-0.2, 0) is 4.74 Å². The highest BCUT2D eigenvalue weighted by molar-refractivity contribution is 5.18. The van der Waals surface area contributed by atoms with Crippen LogP contribution in [0.25, 0.3) is 0 Å². The Bertz CT molecular complexity index is 372. The lowest BCUT2D eigenvalue weighted by atomic mass is 10.1. The first-order chi connectivity index (χ1) is 14.7. The van der Waals surface area contributed by atoms with Crippen molar-refractivity contribution in [2.24, 2.45) is 0 Å². The monoisotopic (exact) mass is 443 g/mol. The number of unbranched alkanes of at least 4 members (excludes halogenated alkanes) is 12. The molecule has 0 bridgehead atoms. The molecule has 1 aromatic rings. The van der Waals surface area contributed by atoms with E-state index in [-0.39, 0.29) is 19.4 Å². The van der Waals surface area contributed by atoms with Gasteiger partial charge in [-0.05, 0) is 25.0 Å². The van der Waals surface area contributed by atoms with E-state index in [0.717, 1.165) is 13.2 Å². The molecule has 0 unspecified atom stereocenters. The van der Waals surface area contributed by atoms with Crippen molar-refractivity contribution < 1.29 is 20.1 Å². The van der Waals surface area contributed by atoms with Crippen LogP contribution in [0.1, 0.15) is 104 Å². The Kier molecular flexibility index (Phi) is 37.2. The normalized spacial score (nSPS) is 9.68. The standard InChI is InChI=1S/C18H38O.C6H6O.C2H6O2.H3N/c1-3-5-7-9-11-13-15-17-19-18-16-14-12-10-8-6-4-2;7-6-4-2-1-3-5-6;3-1-2-4;/h3-18H2,1-2H3;1-5,7H;3-4H,1-2H2;1H3. The number of hydrogen-bond donors (Lipinski definition) is 4. The zero-order valence-corrected chi connectivity index (χ0v) is 20.6. The SMILES string of the molecule is CCCCCCCCCOCCCCCCCCC.N.OCCO.Oc1ccccc1. The fourth-order valence-corrected chi connectivity index (χ4v) is 2.85. The molecule has 0 aromatic heterocycles. The summed E-state index contributed by atoms with van der Waals surface area (Å²) < 4.78 is 5.69. The predicted octanol–water partition coefficient (Wildman–Crippen LogP) is 7.03. The summed E-state index contributed by atoms with van der Waals surface area (Å²) >= 11 is 0. The van der Waals surface area contributed by atoms with Crippen LogP contribution in [0.5, 0.6) is 5.75 Å². The first-order valence-corrected chi connectivity index (χ1v) is 12.3. The Hall–Kier alpha value is -1.14. The maximum absolute atomic E-state index is 8.63. The van der Waals surface area contributed by atoms with Crippen LogP contribution >= 0.6 is 0 Å². The maximum Gasteiger partial charge on any atom is 0.115 e. The van der Waals surface area contributed by atoms with E-state index >= 15 is 0 Å². The summed E-state index contributed by atoms with van der Waals surface area (Å²) in [7, 11) is 0. The van der Waals surface area contributed by atoms with Crippen LogP contribution in [0.15, 0.2) is 30.3 Å². The van der Waals surface area contributed by atoms with Gasteiger partial charge in [-0.2, -0.15) is 0 Å². The summed E-state index contributed by atoms with van der Waals surface area (Å²) in [6, 6.07) is 8.71. The van der Waals surface area contributed by atoms with Crippen molar-refractivity contribution >= 4 is 0 Å². The molecule has 0 spiro atoms. The van der Waals surface area contributed by atoms with Crippen LogP contribution in [0, 0.1) is 0 Å². The molecule has 1 rings (SSSR count). The Labute approximate surface area is 192 Å². The Morgan fingerprint density at radius 3 is 1.23 bits per heavy atom. The lowest BCUT2D eigenvalue weighted by molar-refractivity contribution is 0.125. The van der Waals surface area contributed by atoms with E-state index in [4.69, 9.17) is 20.1 Å². The highest BCUT2D eigenvalue weighted by atomic mass is 16.5. The van der Waals surface area contributed by atoms with Gasteiger partial charge in [-0.25, -0.2) is 0 Å². The van der Waals surface area contributed by atoms with E-state index in [9.17, 15) is 0 Å². The second kappa shape index (κ2) is 33.5. The molecule has 0 radical (unpaired) electrons. The van der Waals surface area contributed by atoms with E-state index in [1.165, 1.54) is 89.9 Å². The van der Waals surface area contributed by atoms with Crippen molar-refractivity contribution in [2.75, 3.05) is 26.4 Å². The number of rotatable bonds is 17. The molecule has 0 aliphatic rings. The Morgan fingerprint density at radius 2 is 0.935 bits per heavy atom. The quantitative estimate of drug-likeness (QED) is 0.193. The van der Waals surface area contributed by atoms with Crippen molar-refractivity contribution in [1.29, 1.82) is 0 Å². The van der Waals surface area contributed by atoms with Crippen LogP contribution in [0.2, 0.25) is 0 Å². The third kappa shape index (κ3) is 36.6. The molecule has 0 heterocycles. The Balaban J connectivity index is -0.000000533. The van der Waals surface area contributed by atoms with Crippen LogP contribution in [0.4, 0.5) is 0 Å². The average molecular weight is 444 g/mol. The van der Waals surface area contributed by atoms with Crippen LogP contribution in [-0.4, -0.2) is 41.7 Å². The number of phenols is 1. The lowest BCUT2D eigenvalue weighted by Gasteiger charge is -2.04. The van der Waals surface area contributed by atoms with Gasteiger partial charge in [0.1, 0.15) is 5.75 Å². The largest absolute Gasteiger partial charge is 0.508 e. The second-order valence-electron chi connectivity index (χ2n) is 7.64. The molecule has 1 aromatic carbocycles. The number of ether oxygens (including phenoxy) is 1. The summed E-state index contributed by atoms with van der Waals surface area (Å²) in [5.41, 5.74) is 0. The highest BCUT2D eigenvalue weighted by Crippen LogP contribution is 2.08. The number of aliphatic hydroxyl groups is 2. The van der Waals surface area contributed by atoms with E-state index in [1.807, 2.05) is 6.07 Å². The topological polar surface area (TPSA) is 105 Å². The van der Waals surface area contributed by atoms with Gasteiger partial charge >= 0.3 is 0 Å². The van der Waals surface area contributed by atoms with Gasteiger partial charge in [0.05, 0.1) is 13.2 Å². The number of aromatic hydroxyl groups is 1. The summed E-state index contributed by atoms with van der Waals surface area (Å²) in [6.07, 6.45) is 19.3. The molecule has 31 heavy (non-hydrogen) atoms. The molecule has 0 fully saturated rings. The van der Waals surface area contributed by atoms with E-state index < -0.39 is 0 Å². The van der Waals surface area contributed by atoms with Gasteiger partial charge in [0, 0.05) is 13.2 Å². The summed E-state index contributed by atoms with van der Waals surface area (Å²) in [5.74, 6) is 0.322. The van der Waals surface area contributed by atoms with Crippen molar-refractivity contribution in [3.8, 4) is 5.75 Å². The number of hydrogen-bond acceptors (Lipinski definition) is 5. The molecule has 0 saturated carbocycles. The fourth-order valence-electron chi connectivity index (χ4n) is 2.85. The minimum Gasteiger partial charge on any atom is -0.508 e. The zero-order valence-electron chi connectivity index (χ0n) is 20.6. The van der Waals surface area contributed by atoms with Crippen LogP contribution < -0.4 is 6.15 Å². The minimum absolute atomic E-state index is 0. The highest BCUT2D eigenvalue weighted by Gasteiger charge is 1.93. The minimum atomic E-state index is -0.125. The number of para-hydroxylation sites is 1. The molecular formula is C26H53NO4. The fraction of sp³-hybridized carbons (Fsp3) is 0.769. The number of benzene rings is 1. The maximum atomic E-state index is 8.63. The van der Waals surface area contributed by atoms with Crippen molar-refractivity contribution in [1.82, 2.24) is 6.15 Å². The van der Waals surface area contributed by atoms with Gasteiger partial charge in [0.25, 0.3) is 0 Å². The van der Waals surface area contributed by atoms with Gasteiger partial charge in [-0.15, -0.1) is 0 Å². The smallest absolute Gasteiger partial charge is 0.115 e. The van der Waals surface area contributed by atoms with Crippen molar-refractivity contribution in [3.63, 3.8) is 0 Å². The molecule has 0 atom stereocenters. The first-order valence-electron chi connectivity index (χ1n) is 12.3. The predicted molar refractivity (Wildman–Crippen MR) is 134 cm³/mol. The summed E-state index contributed by atoms with van der Waals surface area (Å²) in [6.45, 7) is 6.28. The molecule has 0 amide bonds. The second-order valence-corrected chi connectivity index (χ2v) is 7.64. The van der Waals surface area contributed by atoms with E-state index in [1.54, 1.807) is 24.3 Å². The summed E-state index contributed by atoms with van der Waals surface area (Å²) in [5, 5.41) is 23.9. The van der Waals surface area contributed by atoms with Gasteiger partial charge in [-0.1, -0.05) is 109 Å². The number of phenolic OH excluding ortho intramolecular Hbond substituents is 1. The van der Waals surface area contributed by atoms with Gasteiger partial charge in [0.2, 0.25) is 0 Å². The van der Waals surface area contributed by atoms with Gasteiger partial charge in [-0.3, -0.25) is 0 Å². The third-order valence-electron chi connectivity index (χ3n) is 4.64. The number of aliphatic hydroxyl groups excluding tert-OH is 2. The summed E-state index contributed by atoms with van der Waals surface area (Å²) in [4.78, 5) is 0. The molecular weight excluding hydrogens is 390 g/mol. The molecule has 6 N–H and O–H groups in total. The average Bonchev–Trinajstić information content (AvgIpc) is 2.77. The molecule has 5 nitrogen and oxygen atoms in total. The third-order valence-corrected chi connectivity index (χ3v) is 4.64. The van der Waals surface area contributed by atoms with E-state index in [0.29, 0.717) is 5.75 Å². The molecule has 0 aliphatic carbocycles. The molecule has 0 aliphatic heterocycles. The van der Waals surface area contributed by atoms with Gasteiger partial charge in [0.15, 0.2) is 0 Å². The van der Waals surface area contributed by atoms with E-state index in [2.05, 4.69) is 13.8 Å². The first kappa shape index (κ1) is 34.5. The lowest BCUT2D eigenvalue weighted by Crippen LogP contribution is -1.97. The molecule has 0 saturated heterocycles.